The van der Waals surface area contributed by atoms with E-state index in [1.807, 2.05) is 36.4 Å². The maximum absolute atomic E-state index is 13.8. The van der Waals surface area contributed by atoms with Gasteiger partial charge in [-0.1, -0.05) is 60.7 Å². The SMILES string of the molecule is O=C(CNc1nc(OCc2ccccc2)ncc1F)c1ccccc1. The van der Waals surface area contributed by atoms with Crippen LogP contribution in [0.15, 0.2) is 66.9 Å². The molecule has 0 unspecified atom stereocenters. The fourth-order valence-electron chi connectivity index (χ4n) is 2.16. The quantitative estimate of drug-likeness (QED) is 0.669. The second-order valence-corrected chi connectivity index (χ2v) is 5.27. The Hall–Kier alpha value is -3.28. The van der Waals surface area contributed by atoms with E-state index in [1.54, 1.807) is 24.3 Å². The number of carbonyl (C=O) groups excluding carboxylic acids is 1. The first-order chi connectivity index (χ1) is 12.2. The molecule has 0 aliphatic carbocycles. The van der Waals surface area contributed by atoms with Crippen LogP contribution in [-0.4, -0.2) is 22.3 Å². The number of nitrogens with zero attached hydrogens (tertiary/aromatic N) is 2. The van der Waals surface area contributed by atoms with Gasteiger partial charge in [-0.05, 0) is 5.56 Å². The lowest BCUT2D eigenvalue weighted by Gasteiger charge is -2.09. The van der Waals surface area contributed by atoms with Crippen molar-refractivity contribution in [3.05, 3.63) is 83.8 Å². The molecule has 0 saturated carbocycles. The van der Waals surface area contributed by atoms with Crippen molar-refractivity contribution in [3.8, 4) is 6.01 Å². The molecule has 0 atom stereocenters. The van der Waals surface area contributed by atoms with Crippen molar-refractivity contribution in [2.24, 2.45) is 0 Å². The minimum absolute atomic E-state index is 0.0416. The number of carbonyl (C=O) groups is 1. The summed E-state index contributed by atoms with van der Waals surface area (Å²) >= 11 is 0. The number of hydrogen-bond acceptors (Lipinski definition) is 5. The highest BCUT2D eigenvalue weighted by Crippen LogP contribution is 2.14. The van der Waals surface area contributed by atoms with E-state index in [4.69, 9.17) is 4.74 Å². The maximum atomic E-state index is 13.8. The molecule has 2 aromatic carbocycles. The van der Waals surface area contributed by atoms with Crippen molar-refractivity contribution < 1.29 is 13.9 Å². The summed E-state index contributed by atoms with van der Waals surface area (Å²) in [6.07, 6.45) is 1.02. The maximum Gasteiger partial charge on any atom is 0.318 e. The minimum Gasteiger partial charge on any atom is -0.459 e. The van der Waals surface area contributed by atoms with Gasteiger partial charge >= 0.3 is 6.01 Å². The molecule has 5 nitrogen and oxygen atoms in total. The monoisotopic (exact) mass is 337 g/mol. The van der Waals surface area contributed by atoms with Gasteiger partial charge < -0.3 is 10.1 Å². The number of Topliss-reactive ketones (excluding diaryl/α,β-unsaturated/α-hetero) is 1. The van der Waals surface area contributed by atoms with Crippen LogP contribution in [0.1, 0.15) is 15.9 Å². The first kappa shape index (κ1) is 16.6. The Balaban J connectivity index is 1.62. The number of benzene rings is 2. The molecule has 126 valence electrons. The summed E-state index contributed by atoms with van der Waals surface area (Å²) in [6.45, 7) is 0.199. The molecule has 0 aliphatic rings. The van der Waals surface area contributed by atoms with Crippen molar-refractivity contribution in [2.75, 3.05) is 11.9 Å². The fraction of sp³-hybridized carbons (Fsp3) is 0.105. The van der Waals surface area contributed by atoms with Gasteiger partial charge in [0.1, 0.15) is 6.61 Å². The summed E-state index contributed by atoms with van der Waals surface area (Å²) in [5, 5.41) is 2.69. The van der Waals surface area contributed by atoms with E-state index in [-0.39, 0.29) is 30.8 Å². The van der Waals surface area contributed by atoms with Gasteiger partial charge in [-0.2, -0.15) is 4.98 Å². The normalized spacial score (nSPS) is 10.3. The van der Waals surface area contributed by atoms with E-state index in [0.717, 1.165) is 11.8 Å². The summed E-state index contributed by atoms with van der Waals surface area (Å²) in [5.74, 6) is -0.874. The number of hydrogen-bond donors (Lipinski definition) is 1. The van der Waals surface area contributed by atoms with Crippen molar-refractivity contribution in [1.82, 2.24) is 9.97 Å². The van der Waals surface area contributed by atoms with Crippen LogP contribution >= 0.6 is 0 Å². The lowest BCUT2D eigenvalue weighted by molar-refractivity contribution is 0.101. The Morgan fingerprint density at radius 3 is 2.44 bits per heavy atom. The van der Waals surface area contributed by atoms with Crippen LogP contribution in [0.5, 0.6) is 6.01 Å². The number of ether oxygens (including phenoxy) is 1. The smallest absolute Gasteiger partial charge is 0.318 e. The second-order valence-electron chi connectivity index (χ2n) is 5.27. The first-order valence-electron chi connectivity index (χ1n) is 7.74. The van der Waals surface area contributed by atoms with Crippen LogP contribution in [-0.2, 0) is 6.61 Å². The highest BCUT2D eigenvalue weighted by Gasteiger charge is 2.11. The van der Waals surface area contributed by atoms with E-state index in [1.165, 1.54) is 0 Å². The van der Waals surface area contributed by atoms with Crippen LogP contribution in [0, 0.1) is 5.82 Å². The molecule has 0 bridgehead atoms. The zero-order valence-corrected chi connectivity index (χ0v) is 13.4. The van der Waals surface area contributed by atoms with Crippen LogP contribution in [0.25, 0.3) is 0 Å². The zero-order valence-electron chi connectivity index (χ0n) is 13.4. The molecule has 0 radical (unpaired) electrons. The molecule has 3 aromatic rings. The predicted octanol–water partition coefficient (Wildman–Crippen LogP) is 3.49. The first-order valence-corrected chi connectivity index (χ1v) is 7.74. The number of halogens is 1. The lowest BCUT2D eigenvalue weighted by Crippen LogP contribution is -2.16. The van der Waals surface area contributed by atoms with Crippen LogP contribution < -0.4 is 10.1 Å². The van der Waals surface area contributed by atoms with Gasteiger partial charge in [0.25, 0.3) is 0 Å². The van der Waals surface area contributed by atoms with Gasteiger partial charge in [-0.3, -0.25) is 4.79 Å². The Labute approximate surface area is 144 Å². The molecule has 0 fully saturated rings. The third-order valence-corrected chi connectivity index (χ3v) is 3.44. The Bertz CT molecular complexity index is 842. The van der Waals surface area contributed by atoms with Gasteiger partial charge in [-0.25, -0.2) is 9.37 Å². The standard InChI is InChI=1S/C19H16FN3O2/c20-16-11-22-19(25-13-14-7-3-1-4-8-14)23-18(16)21-12-17(24)15-9-5-2-6-10-15/h1-11H,12-13H2,(H,21,22,23). The molecular weight excluding hydrogens is 321 g/mol. The minimum atomic E-state index is -0.645. The molecule has 0 amide bonds. The summed E-state index contributed by atoms with van der Waals surface area (Å²) in [4.78, 5) is 19.9. The van der Waals surface area contributed by atoms with Crippen LogP contribution in [0.2, 0.25) is 0 Å². The lowest BCUT2D eigenvalue weighted by atomic mass is 10.1. The fourth-order valence-corrected chi connectivity index (χ4v) is 2.16. The molecule has 1 aromatic heterocycles. The highest BCUT2D eigenvalue weighted by atomic mass is 19.1. The number of nitrogens with one attached hydrogen (secondary N) is 1. The molecular formula is C19H16FN3O2. The second kappa shape index (κ2) is 8.01. The van der Waals surface area contributed by atoms with Crippen molar-refractivity contribution in [2.45, 2.75) is 6.61 Å². The predicted molar refractivity (Wildman–Crippen MR) is 92.0 cm³/mol. The zero-order chi connectivity index (χ0) is 17.5. The van der Waals surface area contributed by atoms with Gasteiger partial charge in [-0.15, -0.1) is 0 Å². The van der Waals surface area contributed by atoms with Gasteiger partial charge in [0.2, 0.25) is 0 Å². The average molecular weight is 337 g/mol. The van der Waals surface area contributed by atoms with E-state index in [2.05, 4.69) is 15.3 Å². The van der Waals surface area contributed by atoms with E-state index in [9.17, 15) is 9.18 Å². The van der Waals surface area contributed by atoms with E-state index < -0.39 is 5.82 Å². The van der Waals surface area contributed by atoms with E-state index in [0.29, 0.717) is 5.56 Å². The molecule has 3 rings (SSSR count). The molecule has 1 heterocycles. The summed E-state index contributed by atoms with van der Waals surface area (Å²) in [6, 6.07) is 18.3. The molecule has 0 saturated heterocycles. The molecule has 1 N–H and O–H groups in total. The largest absolute Gasteiger partial charge is 0.459 e. The highest BCUT2D eigenvalue weighted by molar-refractivity contribution is 5.98. The number of anilines is 1. The third-order valence-electron chi connectivity index (χ3n) is 3.44. The van der Waals surface area contributed by atoms with Gasteiger partial charge in [0, 0.05) is 5.56 Å². The van der Waals surface area contributed by atoms with Crippen LogP contribution in [0.3, 0.4) is 0 Å². The number of ketones is 1. The molecule has 0 aliphatic heterocycles. The third kappa shape index (κ3) is 4.60. The Morgan fingerprint density at radius 1 is 1.04 bits per heavy atom. The number of rotatable bonds is 7. The summed E-state index contributed by atoms with van der Waals surface area (Å²) < 4.78 is 19.3. The summed E-state index contributed by atoms with van der Waals surface area (Å²) in [5.41, 5.74) is 1.49. The average Bonchev–Trinajstić information content (AvgIpc) is 2.67. The van der Waals surface area contributed by atoms with Crippen LogP contribution in [0.4, 0.5) is 10.2 Å². The molecule has 25 heavy (non-hydrogen) atoms. The molecule has 6 heteroatoms. The Morgan fingerprint density at radius 2 is 1.72 bits per heavy atom. The Kier molecular flexibility index (Phi) is 5.31. The van der Waals surface area contributed by atoms with E-state index >= 15 is 0 Å². The van der Waals surface area contributed by atoms with Gasteiger partial charge in [0.05, 0.1) is 12.7 Å². The topological polar surface area (TPSA) is 64.1 Å². The van der Waals surface area contributed by atoms with Crippen molar-refractivity contribution in [3.63, 3.8) is 0 Å². The van der Waals surface area contributed by atoms with Crippen molar-refractivity contribution in [1.29, 1.82) is 0 Å². The summed E-state index contributed by atoms with van der Waals surface area (Å²) in [7, 11) is 0. The van der Waals surface area contributed by atoms with Gasteiger partial charge in [0.15, 0.2) is 17.4 Å². The van der Waals surface area contributed by atoms with Crippen molar-refractivity contribution >= 4 is 11.6 Å². The number of aromatic nitrogens is 2. The molecule has 0 spiro atoms.